The van der Waals surface area contributed by atoms with E-state index in [9.17, 15) is 5.11 Å². The highest BCUT2D eigenvalue weighted by Gasteiger charge is 2.22. The lowest BCUT2D eigenvalue weighted by atomic mass is 10.0. The van der Waals surface area contributed by atoms with Crippen LogP contribution in [0.15, 0.2) is 0 Å². The molecule has 0 aromatic carbocycles. The Morgan fingerprint density at radius 3 is 2.00 bits per heavy atom. The molecule has 1 fully saturated rings. The van der Waals surface area contributed by atoms with Crippen LogP contribution in [0.2, 0.25) is 0 Å². The maximum Gasteiger partial charge on any atom is 0.0664 e. The fourth-order valence-corrected chi connectivity index (χ4v) is 1.63. The molecule has 0 aliphatic carbocycles. The Morgan fingerprint density at radius 2 is 1.64 bits per heavy atom. The van der Waals surface area contributed by atoms with E-state index in [0.29, 0.717) is 6.04 Å². The molecule has 3 N–H and O–H groups in total. The van der Waals surface area contributed by atoms with E-state index in [1.54, 1.807) is 0 Å². The maximum atomic E-state index is 9.37. The largest absolute Gasteiger partial charge is 0.392 e. The molecule has 0 spiro atoms. The summed E-state index contributed by atoms with van der Waals surface area (Å²) in [6, 6.07) is 0.653. The zero-order valence-corrected chi connectivity index (χ0v) is 10.5. The SMILES string of the molecule is CC(O)C(C)N1CCC(N)CC1.Cl.Cl. The normalized spacial score (nSPS) is 23.1. The first kappa shape index (κ1) is 16.9. The van der Waals surface area contributed by atoms with Crippen molar-refractivity contribution in [3.63, 3.8) is 0 Å². The van der Waals surface area contributed by atoms with E-state index in [4.69, 9.17) is 5.73 Å². The molecule has 0 aromatic heterocycles. The van der Waals surface area contributed by atoms with Crippen LogP contribution in [0.5, 0.6) is 0 Å². The first-order valence-corrected chi connectivity index (χ1v) is 4.79. The molecule has 0 aromatic rings. The van der Waals surface area contributed by atoms with Crippen molar-refractivity contribution in [3.05, 3.63) is 0 Å². The quantitative estimate of drug-likeness (QED) is 0.763. The van der Waals surface area contributed by atoms with Crippen LogP contribution in [-0.4, -0.2) is 41.3 Å². The summed E-state index contributed by atoms with van der Waals surface area (Å²) in [5.41, 5.74) is 5.78. The standard InChI is InChI=1S/C9H20N2O.2ClH/c1-7(8(2)12)11-5-3-9(10)4-6-11;;/h7-9,12H,3-6,10H2,1-2H3;2*1H. The predicted molar refractivity (Wildman–Crippen MR) is 64.4 cm³/mol. The van der Waals surface area contributed by atoms with Crippen LogP contribution in [0.4, 0.5) is 0 Å². The molecule has 2 unspecified atom stereocenters. The molecule has 1 aliphatic rings. The predicted octanol–water partition coefficient (Wildman–Crippen LogP) is 1.02. The van der Waals surface area contributed by atoms with Gasteiger partial charge in [-0.25, -0.2) is 0 Å². The van der Waals surface area contributed by atoms with Crippen LogP contribution in [-0.2, 0) is 0 Å². The average Bonchev–Trinajstić information content (AvgIpc) is 2.04. The van der Waals surface area contributed by atoms with Gasteiger partial charge in [0.25, 0.3) is 0 Å². The minimum Gasteiger partial charge on any atom is -0.392 e. The van der Waals surface area contributed by atoms with Crippen molar-refractivity contribution in [2.24, 2.45) is 5.73 Å². The topological polar surface area (TPSA) is 49.5 Å². The lowest BCUT2D eigenvalue weighted by molar-refractivity contribution is 0.0557. The van der Waals surface area contributed by atoms with Crippen molar-refractivity contribution < 1.29 is 5.11 Å². The summed E-state index contributed by atoms with van der Waals surface area (Å²) in [4.78, 5) is 2.31. The molecular formula is C9H22Cl2N2O. The molecule has 1 aliphatic heterocycles. The van der Waals surface area contributed by atoms with Crippen molar-refractivity contribution >= 4 is 24.8 Å². The molecule has 0 bridgehead atoms. The van der Waals surface area contributed by atoms with E-state index in [-0.39, 0.29) is 37.0 Å². The average molecular weight is 245 g/mol. The van der Waals surface area contributed by atoms with Crippen molar-refractivity contribution in [1.82, 2.24) is 4.90 Å². The molecule has 1 heterocycles. The molecular weight excluding hydrogens is 223 g/mol. The number of aliphatic hydroxyl groups is 1. The maximum absolute atomic E-state index is 9.37. The van der Waals surface area contributed by atoms with Crippen LogP contribution in [0, 0.1) is 0 Å². The zero-order valence-electron chi connectivity index (χ0n) is 8.85. The van der Waals surface area contributed by atoms with E-state index in [1.807, 2.05) is 6.92 Å². The van der Waals surface area contributed by atoms with Crippen molar-refractivity contribution in [1.29, 1.82) is 0 Å². The Kier molecular flexibility index (Phi) is 9.30. The molecule has 0 amide bonds. The summed E-state index contributed by atoms with van der Waals surface area (Å²) >= 11 is 0. The third kappa shape index (κ3) is 4.80. The number of hydrogen-bond donors (Lipinski definition) is 2. The van der Waals surface area contributed by atoms with Gasteiger partial charge in [-0.2, -0.15) is 0 Å². The molecule has 0 saturated carbocycles. The van der Waals surface area contributed by atoms with Crippen LogP contribution in [0.3, 0.4) is 0 Å². The molecule has 3 nitrogen and oxygen atoms in total. The lowest BCUT2D eigenvalue weighted by Gasteiger charge is -2.36. The van der Waals surface area contributed by atoms with Gasteiger partial charge in [0.2, 0.25) is 0 Å². The van der Waals surface area contributed by atoms with Gasteiger partial charge in [0.15, 0.2) is 0 Å². The van der Waals surface area contributed by atoms with Crippen molar-refractivity contribution in [2.75, 3.05) is 13.1 Å². The van der Waals surface area contributed by atoms with Crippen molar-refractivity contribution in [3.8, 4) is 0 Å². The second-order valence-corrected chi connectivity index (χ2v) is 3.85. The lowest BCUT2D eigenvalue weighted by Crippen LogP contribution is -2.47. The highest BCUT2D eigenvalue weighted by atomic mass is 35.5. The molecule has 5 heteroatoms. The number of nitrogens with zero attached hydrogens (tertiary/aromatic N) is 1. The molecule has 88 valence electrons. The van der Waals surface area contributed by atoms with E-state index in [0.717, 1.165) is 25.9 Å². The van der Waals surface area contributed by atoms with Crippen LogP contribution >= 0.6 is 24.8 Å². The molecule has 14 heavy (non-hydrogen) atoms. The van der Waals surface area contributed by atoms with Gasteiger partial charge in [-0.05, 0) is 39.8 Å². The summed E-state index contributed by atoms with van der Waals surface area (Å²) in [6.45, 7) is 5.99. The summed E-state index contributed by atoms with van der Waals surface area (Å²) in [7, 11) is 0. The fraction of sp³-hybridized carbons (Fsp3) is 1.00. The Hall–Kier alpha value is 0.460. The Morgan fingerprint density at radius 1 is 1.21 bits per heavy atom. The summed E-state index contributed by atoms with van der Waals surface area (Å²) < 4.78 is 0. The first-order valence-electron chi connectivity index (χ1n) is 4.79. The van der Waals surface area contributed by atoms with Crippen LogP contribution in [0.1, 0.15) is 26.7 Å². The highest BCUT2D eigenvalue weighted by molar-refractivity contribution is 5.85. The Labute approximate surface area is 98.9 Å². The van der Waals surface area contributed by atoms with Gasteiger partial charge in [-0.3, -0.25) is 4.90 Å². The molecule has 1 rings (SSSR count). The van der Waals surface area contributed by atoms with Gasteiger partial charge in [0.05, 0.1) is 6.10 Å². The van der Waals surface area contributed by atoms with Gasteiger partial charge in [0, 0.05) is 12.1 Å². The fourth-order valence-electron chi connectivity index (χ4n) is 1.63. The first-order chi connectivity index (χ1) is 5.61. The smallest absolute Gasteiger partial charge is 0.0664 e. The third-order valence-corrected chi connectivity index (χ3v) is 2.85. The van der Waals surface area contributed by atoms with Gasteiger partial charge in [-0.1, -0.05) is 0 Å². The van der Waals surface area contributed by atoms with E-state index in [1.165, 1.54) is 0 Å². The minimum absolute atomic E-state index is 0. The molecule has 0 radical (unpaired) electrons. The van der Waals surface area contributed by atoms with Gasteiger partial charge < -0.3 is 10.8 Å². The van der Waals surface area contributed by atoms with E-state index < -0.39 is 0 Å². The monoisotopic (exact) mass is 244 g/mol. The summed E-state index contributed by atoms with van der Waals surface area (Å²) in [6.07, 6.45) is 1.90. The summed E-state index contributed by atoms with van der Waals surface area (Å²) in [5, 5.41) is 9.37. The minimum atomic E-state index is -0.237. The van der Waals surface area contributed by atoms with Gasteiger partial charge in [-0.15, -0.1) is 24.8 Å². The molecule has 2 atom stereocenters. The number of aliphatic hydroxyl groups excluding tert-OH is 1. The highest BCUT2D eigenvalue weighted by Crippen LogP contribution is 2.13. The second-order valence-electron chi connectivity index (χ2n) is 3.85. The van der Waals surface area contributed by atoms with Gasteiger partial charge in [0.1, 0.15) is 0 Å². The Balaban J connectivity index is 0. The van der Waals surface area contributed by atoms with Crippen LogP contribution in [0.25, 0.3) is 0 Å². The number of likely N-dealkylation sites (tertiary alicyclic amines) is 1. The number of nitrogens with two attached hydrogens (primary N) is 1. The number of rotatable bonds is 2. The molecule has 1 saturated heterocycles. The van der Waals surface area contributed by atoms with E-state index >= 15 is 0 Å². The third-order valence-electron chi connectivity index (χ3n) is 2.85. The number of piperidine rings is 1. The zero-order chi connectivity index (χ0) is 9.14. The van der Waals surface area contributed by atoms with E-state index in [2.05, 4.69) is 11.8 Å². The number of hydrogen-bond acceptors (Lipinski definition) is 3. The number of halogens is 2. The summed E-state index contributed by atoms with van der Waals surface area (Å²) in [5.74, 6) is 0. The van der Waals surface area contributed by atoms with Crippen LogP contribution < -0.4 is 5.73 Å². The Bertz CT molecular complexity index is 139. The van der Waals surface area contributed by atoms with Crippen molar-refractivity contribution in [2.45, 2.75) is 44.9 Å². The second kappa shape index (κ2) is 7.71. The van der Waals surface area contributed by atoms with Gasteiger partial charge >= 0.3 is 0 Å².